The lowest BCUT2D eigenvalue weighted by Gasteiger charge is -2.45. The van der Waals surface area contributed by atoms with Gasteiger partial charge in [-0.3, -0.25) is 4.79 Å². The van der Waals surface area contributed by atoms with Gasteiger partial charge in [-0.15, -0.1) is 0 Å². The van der Waals surface area contributed by atoms with Crippen molar-refractivity contribution in [1.82, 2.24) is 0 Å². The highest BCUT2D eigenvalue weighted by Crippen LogP contribution is 2.75. The summed E-state index contributed by atoms with van der Waals surface area (Å²) in [5.41, 5.74) is 1.23. The van der Waals surface area contributed by atoms with E-state index in [2.05, 4.69) is 20.8 Å². The van der Waals surface area contributed by atoms with Gasteiger partial charge < -0.3 is 0 Å². The highest BCUT2D eigenvalue weighted by Gasteiger charge is 2.69. The lowest BCUT2D eigenvalue weighted by Crippen LogP contribution is -2.38. The molecule has 4 atom stereocenters. The van der Waals surface area contributed by atoms with Crippen molar-refractivity contribution in [2.24, 2.45) is 22.2 Å². The average Bonchev–Trinajstić information content (AvgIpc) is 2.55. The van der Waals surface area contributed by atoms with Gasteiger partial charge in [0.1, 0.15) is 5.78 Å². The fourth-order valence-corrected chi connectivity index (χ4v) is 5.24. The summed E-state index contributed by atoms with van der Waals surface area (Å²) in [6.07, 6.45) is 7.16. The summed E-state index contributed by atoms with van der Waals surface area (Å²) in [6.45, 7) is 7.32. The number of fused-ring (bicyclic) bond motifs is 5. The molecule has 0 aromatic carbocycles. The third-order valence-corrected chi connectivity index (χ3v) is 6.70. The number of rotatable bonds is 0. The van der Waals surface area contributed by atoms with E-state index >= 15 is 0 Å². The zero-order valence-corrected chi connectivity index (χ0v) is 10.2. The molecule has 0 aliphatic heterocycles. The Balaban J connectivity index is 2.16. The Kier molecular flexibility index (Phi) is 1.64. The van der Waals surface area contributed by atoms with Crippen LogP contribution >= 0.6 is 0 Å². The summed E-state index contributed by atoms with van der Waals surface area (Å²) in [6, 6.07) is 0. The standard InChI is InChI=1S/C14H22O/c1-12-8-5-11(15)10(9-12)13(2)6-4-7-14(12,13)3/h10H,4-9H2,1-3H3/t10-,12-,13+,14-/m1/s1. The van der Waals surface area contributed by atoms with Crippen molar-refractivity contribution >= 4 is 5.78 Å². The fourth-order valence-electron chi connectivity index (χ4n) is 5.24. The Hall–Kier alpha value is -0.330. The first kappa shape index (κ1) is 9.86. The molecule has 2 bridgehead atoms. The highest BCUT2D eigenvalue weighted by molar-refractivity contribution is 5.84. The van der Waals surface area contributed by atoms with Gasteiger partial charge in [-0.1, -0.05) is 27.2 Å². The van der Waals surface area contributed by atoms with Gasteiger partial charge in [0.25, 0.3) is 0 Å². The van der Waals surface area contributed by atoms with Crippen molar-refractivity contribution in [2.45, 2.75) is 59.3 Å². The fraction of sp³-hybridized carbons (Fsp3) is 0.929. The van der Waals surface area contributed by atoms with Gasteiger partial charge in [-0.25, -0.2) is 0 Å². The second-order valence-electron chi connectivity index (χ2n) is 6.89. The number of carbonyl (C=O) groups excluding carboxylic acids is 1. The van der Waals surface area contributed by atoms with Crippen LogP contribution in [0.5, 0.6) is 0 Å². The molecular weight excluding hydrogens is 184 g/mol. The van der Waals surface area contributed by atoms with Crippen LogP contribution < -0.4 is 0 Å². The van der Waals surface area contributed by atoms with E-state index in [1.165, 1.54) is 25.7 Å². The van der Waals surface area contributed by atoms with Crippen LogP contribution in [-0.4, -0.2) is 5.78 Å². The van der Waals surface area contributed by atoms with E-state index in [1.807, 2.05) is 0 Å². The molecule has 1 nitrogen and oxygen atoms in total. The van der Waals surface area contributed by atoms with E-state index in [0.29, 0.717) is 27.9 Å². The van der Waals surface area contributed by atoms with Crippen LogP contribution in [0, 0.1) is 22.2 Å². The highest BCUT2D eigenvalue weighted by atomic mass is 16.1. The van der Waals surface area contributed by atoms with Gasteiger partial charge >= 0.3 is 0 Å². The van der Waals surface area contributed by atoms with Crippen molar-refractivity contribution in [3.63, 3.8) is 0 Å². The Morgan fingerprint density at radius 3 is 2.60 bits per heavy atom. The quantitative estimate of drug-likeness (QED) is 0.592. The maximum atomic E-state index is 12.1. The van der Waals surface area contributed by atoms with Crippen LogP contribution in [0.15, 0.2) is 0 Å². The van der Waals surface area contributed by atoms with Crippen LogP contribution in [0.3, 0.4) is 0 Å². The Bertz CT molecular complexity index is 334. The number of carbonyl (C=O) groups is 1. The first-order chi connectivity index (χ1) is 6.93. The molecule has 3 rings (SSSR count). The van der Waals surface area contributed by atoms with Gasteiger partial charge in [0.2, 0.25) is 0 Å². The molecule has 0 amide bonds. The second-order valence-corrected chi connectivity index (χ2v) is 6.89. The van der Waals surface area contributed by atoms with Gasteiger partial charge in [-0.05, 0) is 41.9 Å². The first-order valence-corrected chi connectivity index (χ1v) is 6.46. The maximum absolute atomic E-state index is 12.1. The van der Waals surface area contributed by atoms with Crippen molar-refractivity contribution in [1.29, 1.82) is 0 Å². The minimum absolute atomic E-state index is 0.329. The molecule has 3 fully saturated rings. The molecule has 0 aromatic heterocycles. The molecular formula is C14H22O. The SMILES string of the molecule is C[C@@]12CCC(=O)[C@@H](C1)[C@]1(C)CCC[C@]21C. The third-order valence-electron chi connectivity index (χ3n) is 6.70. The van der Waals surface area contributed by atoms with Gasteiger partial charge in [0, 0.05) is 12.3 Å². The van der Waals surface area contributed by atoms with E-state index in [9.17, 15) is 4.79 Å². The first-order valence-electron chi connectivity index (χ1n) is 6.46. The second kappa shape index (κ2) is 2.49. The third kappa shape index (κ3) is 0.855. The summed E-state index contributed by atoms with van der Waals surface area (Å²) in [7, 11) is 0. The molecule has 0 aromatic rings. The minimum Gasteiger partial charge on any atom is -0.299 e. The lowest BCUT2D eigenvalue weighted by atomic mass is 9.59. The molecule has 3 aliphatic rings. The van der Waals surface area contributed by atoms with Crippen LogP contribution in [0.2, 0.25) is 0 Å². The molecule has 3 aliphatic carbocycles. The van der Waals surface area contributed by atoms with Crippen LogP contribution in [0.1, 0.15) is 59.3 Å². The van der Waals surface area contributed by atoms with Crippen molar-refractivity contribution < 1.29 is 4.79 Å². The van der Waals surface area contributed by atoms with Crippen molar-refractivity contribution in [2.75, 3.05) is 0 Å². The Labute approximate surface area is 92.6 Å². The van der Waals surface area contributed by atoms with Gasteiger partial charge in [0.05, 0.1) is 0 Å². The van der Waals surface area contributed by atoms with Crippen molar-refractivity contribution in [3.8, 4) is 0 Å². The summed E-state index contributed by atoms with van der Waals surface area (Å²) in [4.78, 5) is 12.1. The summed E-state index contributed by atoms with van der Waals surface area (Å²) >= 11 is 0. The molecule has 84 valence electrons. The van der Waals surface area contributed by atoms with E-state index < -0.39 is 0 Å². The molecule has 0 spiro atoms. The molecule has 1 heteroatoms. The largest absolute Gasteiger partial charge is 0.299 e. The molecule has 15 heavy (non-hydrogen) atoms. The van der Waals surface area contributed by atoms with Crippen molar-refractivity contribution in [3.05, 3.63) is 0 Å². The maximum Gasteiger partial charge on any atom is 0.136 e. The topological polar surface area (TPSA) is 17.1 Å². The minimum atomic E-state index is 0.329. The lowest BCUT2D eigenvalue weighted by molar-refractivity contribution is -0.127. The smallest absolute Gasteiger partial charge is 0.136 e. The molecule has 0 heterocycles. The Morgan fingerprint density at radius 1 is 1.13 bits per heavy atom. The number of ketones is 1. The van der Waals surface area contributed by atoms with E-state index in [-0.39, 0.29) is 0 Å². The summed E-state index contributed by atoms with van der Waals surface area (Å²) in [5.74, 6) is 0.962. The normalized spacial score (nSPS) is 58.3. The van der Waals surface area contributed by atoms with Crippen LogP contribution in [0.25, 0.3) is 0 Å². The van der Waals surface area contributed by atoms with E-state index in [1.54, 1.807) is 0 Å². The molecule has 0 saturated heterocycles. The van der Waals surface area contributed by atoms with E-state index in [0.717, 1.165) is 12.8 Å². The van der Waals surface area contributed by atoms with Gasteiger partial charge in [-0.2, -0.15) is 0 Å². The van der Waals surface area contributed by atoms with Crippen LogP contribution in [0.4, 0.5) is 0 Å². The average molecular weight is 206 g/mol. The summed E-state index contributed by atoms with van der Waals surface area (Å²) < 4.78 is 0. The zero-order valence-electron chi connectivity index (χ0n) is 10.2. The summed E-state index contributed by atoms with van der Waals surface area (Å²) in [5, 5.41) is 0. The predicted octanol–water partition coefficient (Wildman–Crippen LogP) is 3.57. The van der Waals surface area contributed by atoms with E-state index in [4.69, 9.17) is 0 Å². The molecule has 0 N–H and O–H groups in total. The number of hydrogen-bond acceptors (Lipinski definition) is 1. The van der Waals surface area contributed by atoms with Crippen LogP contribution in [-0.2, 0) is 4.79 Å². The Morgan fingerprint density at radius 2 is 1.87 bits per heavy atom. The van der Waals surface area contributed by atoms with Gasteiger partial charge in [0.15, 0.2) is 0 Å². The number of Topliss-reactive ketones (excluding diaryl/α,β-unsaturated/α-hetero) is 1. The molecule has 3 saturated carbocycles. The predicted molar refractivity (Wildman–Crippen MR) is 60.5 cm³/mol. The number of hydrogen-bond donors (Lipinski definition) is 0. The molecule has 0 radical (unpaired) electrons. The molecule has 0 unspecified atom stereocenters. The zero-order chi connectivity index (χ0) is 10.9. The monoisotopic (exact) mass is 206 g/mol.